The van der Waals surface area contributed by atoms with Crippen molar-refractivity contribution in [3.05, 3.63) is 81.8 Å². The van der Waals surface area contributed by atoms with E-state index in [0.29, 0.717) is 18.7 Å². The maximum atomic E-state index is 13.2. The fraction of sp³-hybridized carbons (Fsp3) is 0.182. The van der Waals surface area contributed by atoms with Gasteiger partial charge in [-0.05, 0) is 41.5 Å². The number of nitrogens with zero attached hydrogens (tertiary/aromatic N) is 2. The minimum absolute atomic E-state index is 0.0280. The highest BCUT2D eigenvalue weighted by molar-refractivity contribution is 6.39. The number of halogens is 3. The van der Waals surface area contributed by atoms with Crippen LogP contribution in [0.4, 0.5) is 15.8 Å². The Kier molecular flexibility index (Phi) is 6.00. The van der Waals surface area contributed by atoms with Crippen LogP contribution in [0.2, 0.25) is 10.0 Å². The normalized spacial score (nSPS) is 16.1. The lowest BCUT2D eigenvalue weighted by Crippen LogP contribution is -2.36. The highest BCUT2D eigenvalue weighted by Gasteiger charge is 2.37. The Bertz CT molecular complexity index is 1110. The average Bonchev–Trinajstić information content (AvgIpc) is 3.09. The summed E-state index contributed by atoms with van der Waals surface area (Å²) in [4.78, 5) is 18.6. The molecule has 1 aliphatic rings. The molecule has 0 aliphatic carbocycles. The number of anilines is 2. The molecule has 2 atom stereocenters. The fourth-order valence-electron chi connectivity index (χ4n) is 3.70. The molecule has 9 heteroatoms. The Labute approximate surface area is 187 Å². The van der Waals surface area contributed by atoms with Gasteiger partial charge in [0, 0.05) is 37.1 Å². The zero-order chi connectivity index (χ0) is 22.1. The highest BCUT2D eigenvalue weighted by atomic mass is 35.5. The van der Waals surface area contributed by atoms with Crippen molar-refractivity contribution in [1.29, 1.82) is 0 Å². The van der Waals surface area contributed by atoms with Gasteiger partial charge >= 0.3 is 0 Å². The minimum atomic E-state index is -1.43. The van der Waals surface area contributed by atoms with Crippen LogP contribution in [0, 0.1) is 5.82 Å². The van der Waals surface area contributed by atoms with Crippen LogP contribution < -0.4 is 10.2 Å². The summed E-state index contributed by atoms with van der Waals surface area (Å²) in [6, 6.07) is 10.9. The Hall–Kier alpha value is -2.87. The quantitative estimate of drug-likeness (QED) is 0.526. The van der Waals surface area contributed by atoms with Gasteiger partial charge in [0.2, 0.25) is 0 Å². The van der Waals surface area contributed by atoms with E-state index in [-0.39, 0.29) is 27.3 Å². The zero-order valence-electron chi connectivity index (χ0n) is 16.1. The van der Waals surface area contributed by atoms with Gasteiger partial charge < -0.3 is 20.4 Å². The molecule has 1 aromatic heterocycles. The summed E-state index contributed by atoms with van der Waals surface area (Å²) in [5.41, 5.74) is 2.45. The first-order chi connectivity index (χ1) is 14.8. The first-order valence-electron chi connectivity index (χ1n) is 9.43. The fourth-order valence-corrected chi connectivity index (χ4v) is 4.16. The lowest BCUT2D eigenvalue weighted by atomic mass is 9.94. The number of aliphatic hydroxyl groups excluding tert-OH is 1. The van der Waals surface area contributed by atoms with E-state index in [1.807, 2.05) is 4.90 Å². The van der Waals surface area contributed by atoms with E-state index in [4.69, 9.17) is 23.2 Å². The van der Waals surface area contributed by atoms with E-state index < -0.39 is 17.9 Å². The van der Waals surface area contributed by atoms with E-state index in [1.54, 1.807) is 24.3 Å². The van der Waals surface area contributed by atoms with Crippen LogP contribution in [0.5, 0.6) is 5.75 Å². The first-order valence-corrected chi connectivity index (χ1v) is 10.2. The van der Waals surface area contributed by atoms with E-state index in [2.05, 4.69) is 10.3 Å². The van der Waals surface area contributed by atoms with Gasteiger partial charge in [0.15, 0.2) is 0 Å². The Morgan fingerprint density at radius 2 is 1.87 bits per heavy atom. The third-order valence-corrected chi connectivity index (χ3v) is 5.78. The largest absolute Gasteiger partial charge is 0.508 e. The van der Waals surface area contributed by atoms with Crippen molar-refractivity contribution >= 4 is 40.5 Å². The number of phenols is 1. The number of aromatic nitrogens is 1. The Balaban J connectivity index is 1.58. The number of amides is 1. The molecule has 4 rings (SSSR count). The predicted octanol–water partition coefficient (Wildman–Crippen LogP) is 4.34. The monoisotopic (exact) mass is 461 g/mol. The second-order valence-corrected chi connectivity index (χ2v) is 8.08. The SMILES string of the molecule is O=C(Nc1c(Cl)cncc1Cl)C(O)C1CN(Cc2ccc(F)cc2)c2ccc(O)cc21. The second-order valence-electron chi connectivity index (χ2n) is 7.27. The van der Waals surface area contributed by atoms with Gasteiger partial charge in [0.25, 0.3) is 5.91 Å². The molecule has 6 nitrogen and oxygen atoms in total. The Morgan fingerprint density at radius 1 is 1.19 bits per heavy atom. The third-order valence-electron chi connectivity index (χ3n) is 5.21. The van der Waals surface area contributed by atoms with Gasteiger partial charge in [-0.2, -0.15) is 0 Å². The molecule has 2 heterocycles. The molecule has 160 valence electrons. The molecule has 0 saturated carbocycles. The number of benzene rings is 2. The first kappa shape index (κ1) is 21.4. The van der Waals surface area contributed by atoms with Gasteiger partial charge in [-0.15, -0.1) is 0 Å². The molecule has 1 amide bonds. The maximum absolute atomic E-state index is 13.2. The summed E-state index contributed by atoms with van der Waals surface area (Å²) in [6.45, 7) is 0.771. The number of carbonyl (C=O) groups excluding carboxylic acids is 1. The van der Waals surface area contributed by atoms with Crippen LogP contribution in [0.1, 0.15) is 17.0 Å². The van der Waals surface area contributed by atoms with E-state index in [1.165, 1.54) is 30.6 Å². The number of carbonyl (C=O) groups is 1. The highest BCUT2D eigenvalue weighted by Crippen LogP contribution is 2.41. The molecule has 1 aliphatic heterocycles. The standard InChI is InChI=1S/C22H18Cl2FN3O3/c23-17-8-26-9-18(24)20(17)27-22(31)21(30)16-11-28(10-12-1-3-13(25)4-2-12)19-6-5-14(29)7-15(16)19/h1-9,16,21,29-30H,10-11H2,(H,26,27,31). The molecule has 0 spiro atoms. The molecule has 0 saturated heterocycles. The lowest BCUT2D eigenvalue weighted by Gasteiger charge is -2.22. The average molecular weight is 462 g/mol. The second kappa shape index (κ2) is 8.70. The van der Waals surface area contributed by atoms with E-state index in [9.17, 15) is 19.4 Å². The molecule has 31 heavy (non-hydrogen) atoms. The van der Waals surface area contributed by atoms with Crippen LogP contribution in [-0.2, 0) is 11.3 Å². The van der Waals surface area contributed by atoms with E-state index in [0.717, 1.165) is 11.3 Å². The minimum Gasteiger partial charge on any atom is -0.508 e. The van der Waals surface area contributed by atoms with Gasteiger partial charge in [0.05, 0.1) is 15.7 Å². The van der Waals surface area contributed by atoms with Crippen LogP contribution in [0.15, 0.2) is 54.9 Å². The van der Waals surface area contributed by atoms with Crippen molar-refractivity contribution in [2.24, 2.45) is 0 Å². The topological polar surface area (TPSA) is 85.7 Å². The van der Waals surface area contributed by atoms with Crippen molar-refractivity contribution in [2.75, 3.05) is 16.8 Å². The summed E-state index contributed by atoms with van der Waals surface area (Å²) in [6.07, 6.45) is 1.24. The predicted molar refractivity (Wildman–Crippen MR) is 117 cm³/mol. The summed E-state index contributed by atoms with van der Waals surface area (Å²) in [7, 11) is 0. The number of pyridine rings is 1. The summed E-state index contributed by atoms with van der Waals surface area (Å²) in [5, 5.41) is 23.7. The van der Waals surface area contributed by atoms with Crippen LogP contribution in [0.25, 0.3) is 0 Å². The van der Waals surface area contributed by atoms with Gasteiger partial charge in [-0.25, -0.2) is 4.39 Å². The number of rotatable bonds is 5. The zero-order valence-corrected chi connectivity index (χ0v) is 17.6. The number of phenolic OH excluding ortho intramolecular Hbond substituents is 1. The number of hydrogen-bond acceptors (Lipinski definition) is 5. The van der Waals surface area contributed by atoms with E-state index >= 15 is 0 Å². The van der Waals surface area contributed by atoms with Crippen molar-refractivity contribution in [1.82, 2.24) is 4.98 Å². The van der Waals surface area contributed by atoms with Gasteiger partial charge in [-0.3, -0.25) is 9.78 Å². The molecule has 0 fully saturated rings. The van der Waals surface area contributed by atoms with Crippen LogP contribution >= 0.6 is 23.2 Å². The van der Waals surface area contributed by atoms with Crippen LogP contribution in [0.3, 0.4) is 0 Å². The van der Waals surface area contributed by atoms with Crippen molar-refractivity contribution < 1.29 is 19.4 Å². The summed E-state index contributed by atoms with van der Waals surface area (Å²) < 4.78 is 13.2. The van der Waals surface area contributed by atoms with Crippen molar-refractivity contribution in [3.63, 3.8) is 0 Å². The number of nitrogens with one attached hydrogen (secondary N) is 1. The summed E-state index contributed by atoms with van der Waals surface area (Å²) in [5.74, 6) is -1.59. The van der Waals surface area contributed by atoms with Crippen molar-refractivity contribution in [3.8, 4) is 5.75 Å². The van der Waals surface area contributed by atoms with Crippen molar-refractivity contribution in [2.45, 2.75) is 18.6 Å². The third kappa shape index (κ3) is 4.44. The molecule has 0 bridgehead atoms. The van der Waals surface area contributed by atoms with Gasteiger partial charge in [-0.1, -0.05) is 35.3 Å². The molecule has 2 unspecified atom stereocenters. The molecule has 3 N–H and O–H groups in total. The number of hydrogen-bond donors (Lipinski definition) is 3. The number of aromatic hydroxyl groups is 1. The number of fused-ring (bicyclic) bond motifs is 1. The molecule has 2 aromatic carbocycles. The molecule has 3 aromatic rings. The molecular weight excluding hydrogens is 444 g/mol. The number of aliphatic hydroxyl groups is 1. The molecular formula is C22H18Cl2FN3O3. The maximum Gasteiger partial charge on any atom is 0.254 e. The Morgan fingerprint density at radius 3 is 2.55 bits per heavy atom. The smallest absolute Gasteiger partial charge is 0.254 e. The van der Waals surface area contributed by atoms with Crippen LogP contribution in [-0.4, -0.2) is 33.8 Å². The summed E-state index contributed by atoms with van der Waals surface area (Å²) >= 11 is 12.1. The van der Waals surface area contributed by atoms with Gasteiger partial charge in [0.1, 0.15) is 17.7 Å². The lowest BCUT2D eigenvalue weighted by molar-refractivity contribution is -0.124. The molecule has 0 radical (unpaired) electrons.